The first-order valence-corrected chi connectivity index (χ1v) is 5.43. The van der Waals surface area contributed by atoms with Gasteiger partial charge < -0.3 is 10.2 Å². The van der Waals surface area contributed by atoms with Crippen molar-refractivity contribution >= 4 is 0 Å². The standard InChI is InChI=1S/C12H22O2/c1-4-11(2)7-5-8-12(3,14)10(11)6-9-13/h4,10,13-14H,1,5-9H2,2-3H3/t10-,11+,12+/m0/s1. The molecular formula is C12H22O2. The number of hydrogen-bond acceptors (Lipinski definition) is 2. The molecule has 2 nitrogen and oxygen atoms in total. The van der Waals surface area contributed by atoms with Crippen molar-refractivity contribution in [2.24, 2.45) is 11.3 Å². The summed E-state index contributed by atoms with van der Waals surface area (Å²) in [6.45, 7) is 8.02. The van der Waals surface area contributed by atoms with Crippen molar-refractivity contribution in [3.05, 3.63) is 12.7 Å². The minimum atomic E-state index is -0.649. The van der Waals surface area contributed by atoms with Crippen LogP contribution in [0.2, 0.25) is 0 Å². The van der Waals surface area contributed by atoms with E-state index in [2.05, 4.69) is 13.5 Å². The van der Waals surface area contributed by atoms with E-state index in [1.165, 1.54) is 0 Å². The van der Waals surface area contributed by atoms with Gasteiger partial charge in [0.2, 0.25) is 0 Å². The lowest BCUT2D eigenvalue weighted by Crippen LogP contribution is -2.47. The first-order chi connectivity index (χ1) is 6.46. The molecule has 1 aliphatic carbocycles. The van der Waals surface area contributed by atoms with Crippen molar-refractivity contribution in [2.45, 2.75) is 45.1 Å². The molecule has 0 unspecified atom stereocenters. The van der Waals surface area contributed by atoms with Crippen LogP contribution in [0, 0.1) is 11.3 Å². The Bertz CT molecular complexity index is 210. The monoisotopic (exact) mass is 198 g/mol. The molecule has 0 amide bonds. The van der Waals surface area contributed by atoms with Gasteiger partial charge in [-0.1, -0.05) is 13.0 Å². The van der Waals surface area contributed by atoms with Crippen LogP contribution in [0.15, 0.2) is 12.7 Å². The average molecular weight is 198 g/mol. The summed E-state index contributed by atoms with van der Waals surface area (Å²) < 4.78 is 0. The summed E-state index contributed by atoms with van der Waals surface area (Å²) in [5.41, 5.74) is -0.672. The molecule has 0 aromatic heterocycles. The first kappa shape index (κ1) is 11.7. The van der Waals surface area contributed by atoms with Crippen LogP contribution in [-0.4, -0.2) is 22.4 Å². The molecule has 1 fully saturated rings. The third-order valence-corrected chi connectivity index (χ3v) is 3.83. The Morgan fingerprint density at radius 1 is 1.43 bits per heavy atom. The summed E-state index contributed by atoms with van der Waals surface area (Å²) in [4.78, 5) is 0. The molecule has 2 heteroatoms. The molecule has 2 N–H and O–H groups in total. The van der Waals surface area contributed by atoms with Gasteiger partial charge in [-0.15, -0.1) is 6.58 Å². The topological polar surface area (TPSA) is 40.5 Å². The molecule has 0 bridgehead atoms. The van der Waals surface area contributed by atoms with Crippen molar-refractivity contribution in [1.29, 1.82) is 0 Å². The van der Waals surface area contributed by atoms with Gasteiger partial charge in [-0.2, -0.15) is 0 Å². The lowest BCUT2D eigenvalue weighted by molar-refractivity contribution is -0.0865. The van der Waals surface area contributed by atoms with Gasteiger partial charge in [-0.25, -0.2) is 0 Å². The second-order valence-electron chi connectivity index (χ2n) is 4.99. The van der Waals surface area contributed by atoms with Gasteiger partial charge >= 0.3 is 0 Å². The largest absolute Gasteiger partial charge is 0.396 e. The lowest BCUT2D eigenvalue weighted by atomic mass is 9.60. The molecule has 1 saturated carbocycles. The van der Waals surface area contributed by atoms with E-state index >= 15 is 0 Å². The third-order valence-electron chi connectivity index (χ3n) is 3.83. The zero-order valence-electron chi connectivity index (χ0n) is 9.29. The summed E-state index contributed by atoms with van der Waals surface area (Å²) >= 11 is 0. The Morgan fingerprint density at radius 3 is 2.57 bits per heavy atom. The van der Waals surface area contributed by atoms with Gasteiger partial charge in [-0.3, -0.25) is 0 Å². The molecule has 0 heterocycles. The molecule has 1 aliphatic rings. The van der Waals surface area contributed by atoms with Crippen LogP contribution in [0.3, 0.4) is 0 Å². The van der Waals surface area contributed by atoms with Crippen LogP contribution in [0.1, 0.15) is 39.5 Å². The maximum Gasteiger partial charge on any atom is 0.0656 e. The minimum absolute atomic E-state index is 0.0233. The average Bonchev–Trinajstić information content (AvgIpc) is 2.11. The molecule has 0 saturated heterocycles. The van der Waals surface area contributed by atoms with Crippen molar-refractivity contribution < 1.29 is 10.2 Å². The van der Waals surface area contributed by atoms with Crippen LogP contribution in [0.4, 0.5) is 0 Å². The number of aliphatic hydroxyl groups is 2. The Hall–Kier alpha value is -0.340. The molecule has 14 heavy (non-hydrogen) atoms. The van der Waals surface area contributed by atoms with E-state index in [4.69, 9.17) is 5.11 Å². The molecule has 3 atom stereocenters. The number of allylic oxidation sites excluding steroid dienone is 1. The zero-order valence-corrected chi connectivity index (χ0v) is 9.29. The fourth-order valence-electron chi connectivity index (χ4n) is 2.90. The molecular weight excluding hydrogens is 176 g/mol. The quantitative estimate of drug-likeness (QED) is 0.682. The zero-order chi connectivity index (χ0) is 10.8. The van der Waals surface area contributed by atoms with E-state index in [0.717, 1.165) is 19.3 Å². The molecule has 1 rings (SSSR count). The van der Waals surface area contributed by atoms with Crippen LogP contribution in [0.5, 0.6) is 0 Å². The molecule has 82 valence electrons. The number of aliphatic hydroxyl groups excluding tert-OH is 1. The Kier molecular flexibility index (Phi) is 3.38. The minimum Gasteiger partial charge on any atom is -0.396 e. The second kappa shape index (κ2) is 4.03. The molecule has 0 spiro atoms. The summed E-state index contributed by atoms with van der Waals surface area (Å²) in [5.74, 6) is 0.131. The SMILES string of the molecule is C=C[C@]1(C)CCC[C@@](C)(O)[C@H]1CCO. The van der Waals surface area contributed by atoms with E-state index in [-0.39, 0.29) is 17.9 Å². The van der Waals surface area contributed by atoms with Gasteiger partial charge in [0, 0.05) is 6.61 Å². The molecule has 0 aromatic carbocycles. The van der Waals surface area contributed by atoms with Crippen molar-refractivity contribution in [3.8, 4) is 0 Å². The molecule has 0 aromatic rings. The summed E-state index contributed by atoms with van der Waals surface area (Å²) in [5, 5.41) is 19.3. The predicted molar refractivity (Wildman–Crippen MR) is 58.0 cm³/mol. The molecule has 0 radical (unpaired) electrons. The Balaban J connectivity index is 2.89. The normalized spacial score (nSPS) is 43.6. The fourth-order valence-corrected chi connectivity index (χ4v) is 2.90. The van der Waals surface area contributed by atoms with Crippen molar-refractivity contribution in [2.75, 3.05) is 6.61 Å². The van der Waals surface area contributed by atoms with E-state index < -0.39 is 5.60 Å². The van der Waals surface area contributed by atoms with Crippen molar-refractivity contribution in [1.82, 2.24) is 0 Å². The summed E-state index contributed by atoms with van der Waals surface area (Å²) in [6, 6.07) is 0. The van der Waals surface area contributed by atoms with E-state index in [1.54, 1.807) is 0 Å². The predicted octanol–water partition coefficient (Wildman–Crippen LogP) is 2.11. The van der Waals surface area contributed by atoms with Gasteiger partial charge in [0.1, 0.15) is 0 Å². The summed E-state index contributed by atoms with van der Waals surface area (Å²) in [6.07, 6.45) is 5.55. The van der Waals surface area contributed by atoms with Crippen LogP contribution in [-0.2, 0) is 0 Å². The van der Waals surface area contributed by atoms with Crippen LogP contribution >= 0.6 is 0 Å². The molecule has 0 aliphatic heterocycles. The fraction of sp³-hybridized carbons (Fsp3) is 0.833. The number of hydrogen-bond donors (Lipinski definition) is 2. The highest BCUT2D eigenvalue weighted by Gasteiger charge is 2.45. The van der Waals surface area contributed by atoms with Gasteiger partial charge in [0.15, 0.2) is 0 Å². The van der Waals surface area contributed by atoms with Gasteiger partial charge in [0.05, 0.1) is 5.60 Å². The van der Waals surface area contributed by atoms with Gasteiger partial charge in [0.25, 0.3) is 0 Å². The maximum absolute atomic E-state index is 10.3. The highest BCUT2D eigenvalue weighted by atomic mass is 16.3. The summed E-state index contributed by atoms with van der Waals surface area (Å²) in [7, 11) is 0. The highest BCUT2D eigenvalue weighted by Crippen LogP contribution is 2.48. The van der Waals surface area contributed by atoms with E-state index in [9.17, 15) is 5.11 Å². The number of rotatable bonds is 3. The van der Waals surface area contributed by atoms with Crippen molar-refractivity contribution in [3.63, 3.8) is 0 Å². The van der Waals surface area contributed by atoms with Crippen LogP contribution in [0.25, 0.3) is 0 Å². The Labute approximate surface area is 86.6 Å². The third kappa shape index (κ3) is 2.01. The van der Waals surface area contributed by atoms with E-state index in [1.807, 2.05) is 13.0 Å². The Morgan fingerprint density at radius 2 is 2.07 bits per heavy atom. The highest BCUT2D eigenvalue weighted by molar-refractivity contribution is 5.05. The van der Waals surface area contributed by atoms with E-state index in [0.29, 0.717) is 6.42 Å². The first-order valence-electron chi connectivity index (χ1n) is 5.43. The maximum atomic E-state index is 10.3. The second-order valence-corrected chi connectivity index (χ2v) is 4.99. The lowest BCUT2D eigenvalue weighted by Gasteiger charge is -2.48. The van der Waals surface area contributed by atoms with Gasteiger partial charge in [-0.05, 0) is 43.9 Å². The smallest absolute Gasteiger partial charge is 0.0656 e. The van der Waals surface area contributed by atoms with Crippen LogP contribution < -0.4 is 0 Å².